The normalized spacial score (nSPS) is 31.5. The van der Waals surface area contributed by atoms with E-state index in [9.17, 15) is 4.79 Å². The summed E-state index contributed by atoms with van der Waals surface area (Å²) >= 11 is 7.27. The number of thioether (sulfide) groups is 1. The molecule has 0 aromatic carbocycles. The van der Waals surface area contributed by atoms with E-state index >= 15 is 0 Å². The first kappa shape index (κ1) is 10.9. The minimum atomic E-state index is -0.725. The van der Waals surface area contributed by atoms with E-state index in [1.54, 1.807) is 0 Å². The number of carboxylic acids is 1. The lowest BCUT2D eigenvalue weighted by Gasteiger charge is -1.97. The molecule has 0 spiro atoms. The van der Waals surface area contributed by atoms with Crippen LogP contribution in [0.25, 0.3) is 0 Å². The predicted octanol–water partition coefficient (Wildman–Crippen LogP) is 2.79. The summed E-state index contributed by atoms with van der Waals surface area (Å²) in [6.45, 7) is 3.91. The molecule has 1 N–H and O–H groups in total. The Morgan fingerprint density at radius 3 is 2.46 bits per heavy atom. The smallest absolute Gasteiger partial charge is 0.307 e. The standard InChI is InChI=1S/C9H13ClO2S/c1-9(2)5(4-6(10)13-3)7(9)8(11)12/h4-5,7H,1-3H3,(H,11,12)/b6-4-/t5-,7-/m0/s1. The maximum atomic E-state index is 10.8. The molecule has 0 radical (unpaired) electrons. The summed E-state index contributed by atoms with van der Waals surface area (Å²) in [5, 5.41) is 8.87. The minimum absolute atomic E-state index is 0.0879. The van der Waals surface area contributed by atoms with E-state index in [0.717, 1.165) is 0 Å². The molecule has 4 heteroatoms. The van der Waals surface area contributed by atoms with Crippen molar-refractivity contribution >= 4 is 29.3 Å². The summed E-state index contributed by atoms with van der Waals surface area (Å²) < 4.78 is 0.682. The molecule has 2 atom stereocenters. The Kier molecular flexibility index (Phi) is 2.98. The topological polar surface area (TPSA) is 37.3 Å². The van der Waals surface area contributed by atoms with Crippen molar-refractivity contribution in [2.24, 2.45) is 17.3 Å². The molecule has 74 valence electrons. The summed E-state index contributed by atoms with van der Waals surface area (Å²) in [5.41, 5.74) is -0.137. The van der Waals surface area contributed by atoms with Crippen molar-refractivity contribution in [1.82, 2.24) is 0 Å². The van der Waals surface area contributed by atoms with Crippen molar-refractivity contribution in [3.8, 4) is 0 Å². The monoisotopic (exact) mass is 220 g/mol. The van der Waals surface area contributed by atoms with Gasteiger partial charge in [-0.3, -0.25) is 4.79 Å². The number of carboxylic acid groups (broad SMARTS) is 1. The van der Waals surface area contributed by atoms with Gasteiger partial charge in [-0.25, -0.2) is 0 Å². The molecule has 1 fully saturated rings. The van der Waals surface area contributed by atoms with Gasteiger partial charge in [-0.15, -0.1) is 11.8 Å². The van der Waals surface area contributed by atoms with Crippen molar-refractivity contribution in [2.75, 3.05) is 6.26 Å². The van der Waals surface area contributed by atoms with Crippen molar-refractivity contribution in [2.45, 2.75) is 13.8 Å². The van der Waals surface area contributed by atoms with Crippen LogP contribution in [0.4, 0.5) is 0 Å². The lowest BCUT2D eigenvalue weighted by atomic mass is 10.1. The van der Waals surface area contributed by atoms with E-state index in [0.29, 0.717) is 4.36 Å². The zero-order chi connectivity index (χ0) is 10.2. The predicted molar refractivity (Wildman–Crippen MR) is 55.8 cm³/mol. The van der Waals surface area contributed by atoms with Gasteiger partial charge < -0.3 is 5.11 Å². The molecule has 0 aliphatic heterocycles. The van der Waals surface area contributed by atoms with Crippen molar-refractivity contribution in [3.05, 3.63) is 10.4 Å². The number of halogens is 1. The van der Waals surface area contributed by atoms with Crippen LogP contribution in [0.1, 0.15) is 13.8 Å². The molecule has 1 rings (SSSR count). The van der Waals surface area contributed by atoms with Gasteiger partial charge >= 0.3 is 5.97 Å². The Balaban J connectivity index is 2.71. The Morgan fingerprint density at radius 1 is 1.62 bits per heavy atom. The maximum absolute atomic E-state index is 10.8. The second-order valence-electron chi connectivity index (χ2n) is 3.84. The first-order chi connectivity index (χ1) is 5.91. The van der Waals surface area contributed by atoms with Crippen LogP contribution in [-0.2, 0) is 4.79 Å². The summed E-state index contributed by atoms with van der Waals surface area (Å²) in [6, 6.07) is 0. The Labute approximate surface area is 87.3 Å². The van der Waals surface area contributed by atoms with Gasteiger partial charge in [0.2, 0.25) is 0 Å². The molecule has 0 aromatic rings. The van der Waals surface area contributed by atoms with E-state index in [2.05, 4.69) is 0 Å². The molecule has 1 aliphatic carbocycles. The number of carbonyl (C=O) groups is 1. The van der Waals surface area contributed by atoms with Crippen LogP contribution in [0.15, 0.2) is 10.4 Å². The fourth-order valence-corrected chi connectivity index (χ4v) is 2.09. The molecule has 1 saturated carbocycles. The molecule has 0 saturated heterocycles. The maximum Gasteiger partial charge on any atom is 0.307 e. The Morgan fingerprint density at radius 2 is 2.15 bits per heavy atom. The third kappa shape index (κ3) is 2.02. The van der Waals surface area contributed by atoms with Gasteiger partial charge in [0.05, 0.1) is 10.3 Å². The Hall–Kier alpha value is -0.150. The van der Waals surface area contributed by atoms with Crippen LogP contribution in [0.3, 0.4) is 0 Å². The van der Waals surface area contributed by atoms with Gasteiger partial charge in [0.15, 0.2) is 0 Å². The van der Waals surface area contributed by atoms with Crippen LogP contribution in [-0.4, -0.2) is 17.3 Å². The summed E-state index contributed by atoms with van der Waals surface area (Å²) in [7, 11) is 0. The molecular weight excluding hydrogens is 208 g/mol. The molecule has 0 bridgehead atoms. The van der Waals surface area contributed by atoms with E-state index in [1.807, 2.05) is 26.2 Å². The summed E-state index contributed by atoms with van der Waals surface area (Å²) in [4.78, 5) is 10.8. The molecule has 0 amide bonds. The van der Waals surface area contributed by atoms with Gasteiger partial charge in [0.25, 0.3) is 0 Å². The molecule has 0 heterocycles. The SMILES string of the molecule is CS/C(Cl)=C\[C@H]1[C@@H](C(=O)O)C1(C)C. The van der Waals surface area contributed by atoms with Crippen molar-refractivity contribution in [3.63, 3.8) is 0 Å². The van der Waals surface area contributed by atoms with Crippen molar-refractivity contribution in [1.29, 1.82) is 0 Å². The van der Waals surface area contributed by atoms with Gasteiger partial charge in [0, 0.05) is 0 Å². The zero-order valence-corrected chi connectivity index (χ0v) is 9.45. The average molecular weight is 221 g/mol. The van der Waals surface area contributed by atoms with E-state index < -0.39 is 5.97 Å². The fourth-order valence-electron chi connectivity index (χ4n) is 1.67. The highest BCUT2D eigenvalue weighted by Gasteiger charge is 2.60. The highest BCUT2D eigenvalue weighted by Crippen LogP contribution is 2.59. The lowest BCUT2D eigenvalue weighted by Crippen LogP contribution is -2.02. The van der Waals surface area contributed by atoms with Crippen LogP contribution < -0.4 is 0 Å². The second-order valence-corrected chi connectivity index (χ2v) is 5.32. The quantitative estimate of drug-likeness (QED) is 0.795. The number of rotatable bonds is 3. The molecule has 0 aromatic heterocycles. The van der Waals surface area contributed by atoms with E-state index in [-0.39, 0.29) is 17.3 Å². The molecule has 1 aliphatic rings. The summed E-state index contributed by atoms with van der Waals surface area (Å²) in [5.74, 6) is -0.907. The van der Waals surface area contributed by atoms with Crippen LogP contribution in [0.5, 0.6) is 0 Å². The van der Waals surface area contributed by atoms with E-state index in [1.165, 1.54) is 11.8 Å². The first-order valence-corrected chi connectivity index (χ1v) is 5.65. The number of hydrogen-bond donors (Lipinski definition) is 1. The van der Waals surface area contributed by atoms with Gasteiger partial charge in [-0.1, -0.05) is 31.5 Å². The van der Waals surface area contributed by atoms with Crippen LogP contribution in [0.2, 0.25) is 0 Å². The Bertz CT molecular complexity index is 260. The number of hydrogen-bond acceptors (Lipinski definition) is 2. The van der Waals surface area contributed by atoms with E-state index in [4.69, 9.17) is 16.7 Å². The first-order valence-electron chi connectivity index (χ1n) is 4.05. The molecule has 2 nitrogen and oxygen atoms in total. The highest BCUT2D eigenvalue weighted by molar-refractivity contribution is 8.03. The number of aliphatic carboxylic acids is 1. The van der Waals surface area contributed by atoms with Crippen LogP contribution >= 0.6 is 23.4 Å². The van der Waals surface area contributed by atoms with Gasteiger partial charge in [0.1, 0.15) is 0 Å². The van der Waals surface area contributed by atoms with Crippen molar-refractivity contribution < 1.29 is 9.90 Å². The average Bonchev–Trinajstić information content (AvgIpc) is 2.53. The van der Waals surface area contributed by atoms with Gasteiger partial charge in [-0.05, 0) is 17.6 Å². The molecule has 0 unspecified atom stereocenters. The third-order valence-corrected chi connectivity index (χ3v) is 3.80. The third-order valence-electron chi connectivity index (χ3n) is 2.68. The lowest BCUT2D eigenvalue weighted by molar-refractivity contribution is -0.139. The molecule has 13 heavy (non-hydrogen) atoms. The summed E-state index contributed by atoms with van der Waals surface area (Å²) in [6.07, 6.45) is 3.73. The van der Waals surface area contributed by atoms with Gasteiger partial charge in [-0.2, -0.15) is 0 Å². The second kappa shape index (κ2) is 3.54. The van der Waals surface area contributed by atoms with Crippen LogP contribution in [0, 0.1) is 17.3 Å². The fraction of sp³-hybridized carbons (Fsp3) is 0.667. The number of allylic oxidation sites excluding steroid dienone is 1. The molecular formula is C9H13ClO2S. The largest absolute Gasteiger partial charge is 0.481 e. The highest BCUT2D eigenvalue weighted by atomic mass is 35.5. The minimum Gasteiger partial charge on any atom is -0.481 e. The zero-order valence-electron chi connectivity index (χ0n) is 7.87.